The summed E-state index contributed by atoms with van der Waals surface area (Å²) in [5.41, 5.74) is 0. The Hall–Kier alpha value is -1.21. The van der Waals surface area contributed by atoms with Crippen LogP contribution in [0.2, 0.25) is 0 Å². The highest BCUT2D eigenvalue weighted by Crippen LogP contribution is 2.26. The molecule has 5 nitrogen and oxygen atoms in total. The molecule has 7 heteroatoms. The quantitative estimate of drug-likeness (QED) is 0.825. The summed E-state index contributed by atoms with van der Waals surface area (Å²) in [4.78, 5) is 12.6. The lowest BCUT2D eigenvalue weighted by molar-refractivity contribution is 0.935. The second kappa shape index (κ2) is 5.76. The number of nitrogens with zero attached hydrogens (tertiary/aromatic N) is 4. The Labute approximate surface area is 102 Å². The van der Waals surface area contributed by atoms with Gasteiger partial charge in [-0.15, -0.1) is 0 Å². The third-order valence-electron chi connectivity index (χ3n) is 1.70. The van der Waals surface area contributed by atoms with Crippen LogP contribution in [0.1, 0.15) is 13.3 Å². The van der Waals surface area contributed by atoms with Crippen LogP contribution < -0.4 is 5.32 Å². The molecule has 0 unspecified atom stereocenters. The van der Waals surface area contributed by atoms with Crippen molar-refractivity contribution in [1.82, 2.24) is 19.3 Å². The summed E-state index contributed by atoms with van der Waals surface area (Å²) < 4.78 is 4.83. The summed E-state index contributed by atoms with van der Waals surface area (Å²) >= 11 is 2.86. The van der Waals surface area contributed by atoms with Gasteiger partial charge < -0.3 is 5.32 Å². The van der Waals surface area contributed by atoms with Crippen LogP contribution in [0.25, 0.3) is 0 Å². The highest BCUT2D eigenvalue weighted by molar-refractivity contribution is 8.00. The zero-order chi connectivity index (χ0) is 11.2. The van der Waals surface area contributed by atoms with Gasteiger partial charge in [-0.25, -0.2) is 15.0 Å². The average Bonchev–Trinajstić information content (AvgIpc) is 2.80. The van der Waals surface area contributed by atoms with E-state index in [2.05, 4.69) is 31.6 Å². The molecule has 2 aromatic rings. The largest absolute Gasteiger partial charge is 0.354 e. The van der Waals surface area contributed by atoms with Gasteiger partial charge in [-0.1, -0.05) is 6.92 Å². The van der Waals surface area contributed by atoms with Crippen LogP contribution in [0, 0.1) is 0 Å². The van der Waals surface area contributed by atoms with Gasteiger partial charge >= 0.3 is 0 Å². The smallest absolute Gasteiger partial charge is 0.223 e. The van der Waals surface area contributed by atoms with Crippen LogP contribution in [0.4, 0.5) is 5.95 Å². The van der Waals surface area contributed by atoms with Gasteiger partial charge in [0.15, 0.2) is 4.34 Å². The molecule has 0 radical (unpaired) electrons. The molecule has 16 heavy (non-hydrogen) atoms. The predicted octanol–water partition coefficient (Wildman–Crippen LogP) is 2.30. The molecule has 0 bridgehead atoms. The Kier molecular flexibility index (Phi) is 4.06. The second-order valence-corrected chi connectivity index (χ2v) is 5.00. The molecule has 1 N–H and O–H groups in total. The summed E-state index contributed by atoms with van der Waals surface area (Å²) in [7, 11) is 0. The molecule has 84 valence electrons. The standard InChI is InChI=1S/C9H11N5S2/c1-2-4-10-8-11-5-3-7(14-8)15-9-12-6-13-16-9/h3,5-6H,2,4H2,1H3,(H,10,11,14). The van der Waals surface area contributed by atoms with E-state index < -0.39 is 0 Å². The lowest BCUT2D eigenvalue weighted by atomic mass is 10.5. The number of hydrogen-bond donors (Lipinski definition) is 1. The Morgan fingerprint density at radius 3 is 3.12 bits per heavy atom. The molecular weight excluding hydrogens is 242 g/mol. The van der Waals surface area contributed by atoms with Crippen LogP contribution in [0.15, 0.2) is 28.0 Å². The first-order valence-electron chi connectivity index (χ1n) is 4.90. The van der Waals surface area contributed by atoms with Gasteiger partial charge in [-0.05, 0) is 35.8 Å². The highest BCUT2D eigenvalue weighted by Gasteiger charge is 2.03. The Morgan fingerprint density at radius 1 is 1.44 bits per heavy atom. The molecule has 0 saturated heterocycles. The highest BCUT2D eigenvalue weighted by atomic mass is 32.2. The average molecular weight is 253 g/mol. The SMILES string of the molecule is CCCNc1nccc(Sc2ncns2)n1. The van der Waals surface area contributed by atoms with E-state index in [1.54, 1.807) is 12.5 Å². The maximum Gasteiger partial charge on any atom is 0.223 e. The summed E-state index contributed by atoms with van der Waals surface area (Å²) in [5.74, 6) is 0.663. The normalized spacial score (nSPS) is 10.3. The minimum absolute atomic E-state index is 0.663. The zero-order valence-corrected chi connectivity index (χ0v) is 10.4. The number of rotatable bonds is 5. The molecule has 0 spiro atoms. The van der Waals surface area contributed by atoms with Crippen LogP contribution in [-0.2, 0) is 0 Å². The van der Waals surface area contributed by atoms with Crippen molar-refractivity contribution in [3.05, 3.63) is 18.6 Å². The van der Waals surface area contributed by atoms with Gasteiger partial charge in [0.1, 0.15) is 11.4 Å². The number of aromatic nitrogens is 4. The van der Waals surface area contributed by atoms with Gasteiger partial charge in [0.05, 0.1) is 0 Å². The molecule has 0 aromatic carbocycles. The van der Waals surface area contributed by atoms with Gasteiger partial charge in [0.25, 0.3) is 0 Å². The van der Waals surface area contributed by atoms with E-state index in [0.29, 0.717) is 5.95 Å². The van der Waals surface area contributed by atoms with Crippen molar-refractivity contribution in [2.45, 2.75) is 22.7 Å². The number of anilines is 1. The minimum atomic E-state index is 0.663. The van der Waals surface area contributed by atoms with Crippen molar-refractivity contribution >= 4 is 29.2 Å². The molecule has 0 saturated carbocycles. The number of nitrogens with one attached hydrogen (secondary N) is 1. The van der Waals surface area contributed by atoms with E-state index in [0.717, 1.165) is 22.3 Å². The first-order valence-corrected chi connectivity index (χ1v) is 6.49. The third-order valence-corrected chi connectivity index (χ3v) is 3.35. The summed E-state index contributed by atoms with van der Waals surface area (Å²) in [6.07, 6.45) is 4.34. The Bertz CT molecular complexity index is 431. The fourth-order valence-corrected chi connectivity index (χ4v) is 2.37. The molecule has 0 atom stereocenters. The van der Waals surface area contributed by atoms with Crippen LogP contribution in [0.3, 0.4) is 0 Å². The first-order chi connectivity index (χ1) is 7.88. The van der Waals surface area contributed by atoms with Gasteiger partial charge in [0.2, 0.25) is 5.95 Å². The zero-order valence-electron chi connectivity index (χ0n) is 8.75. The summed E-state index contributed by atoms with van der Waals surface area (Å²) in [6.45, 7) is 2.99. The molecule has 0 fully saturated rings. The lowest BCUT2D eigenvalue weighted by Gasteiger charge is -2.03. The fourth-order valence-electron chi connectivity index (χ4n) is 1.02. The molecule has 0 amide bonds. The van der Waals surface area contributed by atoms with Crippen molar-refractivity contribution in [3.8, 4) is 0 Å². The van der Waals surface area contributed by atoms with E-state index >= 15 is 0 Å². The Balaban J connectivity index is 2.04. The van der Waals surface area contributed by atoms with Gasteiger partial charge in [0, 0.05) is 12.7 Å². The summed E-state index contributed by atoms with van der Waals surface area (Å²) in [5, 5.41) is 4.03. The molecule has 2 aromatic heterocycles. The van der Waals surface area contributed by atoms with Gasteiger partial charge in [-0.2, -0.15) is 4.37 Å². The number of hydrogen-bond acceptors (Lipinski definition) is 7. The second-order valence-electron chi connectivity index (χ2n) is 2.95. The predicted molar refractivity (Wildman–Crippen MR) is 64.8 cm³/mol. The molecule has 0 aliphatic heterocycles. The first kappa shape index (κ1) is 11.3. The van der Waals surface area contributed by atoms with Crippen LogP contribution >= 0.6 is 23.3 Å². The molecule has 0 aliphatic rings. The molecular formula is C9H11N5S2. The fraction of sp³-hybridized carbons (Fsp3) is 0.333. The molecule has 2 rings (SSSR count). The maximum atomic E-state index is 4.36. The van der Waals surface area contributed by atoms with Crippen LogP contribution in [0.5, 0.6) is 0 Å². The van der Waals surface area contributed by atoms with Crippen molar-refractivity contribution < 1.29 is 0 Å². The minimum Gasteiger partial charge on any atom is -0.354 e. The van der Waals surface area contributed by atoms with E-state index in [1.165, 1.54) is 23.3 Å². The lowest BCUT2D eigenvalue weighted by Crippen LogP contribution is -2.03. The van der Waals surface area contributed by atoms with Crippen LogP contribution in [-0.4, -0.2) is 25.9 Å². The van der Waals surface area contributed by atoms with E-state index in [9.17, 15) is 0 Å². The molecule has 0 aliphatic carbocycles. The van der Waals surface area contributed by atoms with E-state index in [4.69, 9.17) is 0 Å². The van der Waals surface area contributed by atoms with E-state index in [1.807, 2.05) is 6.07 Å². The van der Waals surface area contributed by atoms with Crippen molar-refractivity contribution in [2.24, 2.45) is 0 Å². The Morgan fingerprint density at radius 2 is 2.38 bits per heavy atom. The van der Waals surface area contributed by atoms with Crippen molar-refractivity contribution in [1.29, 1.82) is 0 Å². The monoisotopic (exact) mass is 253 g/mol. The van der Waals surface area contributed by atoms with Crippen molar-refractivity contribution in [3.63, 3.8) is 0 Å². The summed E-state index contributed by atoms with van der Waals surface area (Å²) in [6, 6.07) is 1.86. The topological polar surface area (TPSA) is 63.6 Å². The van der Waals surface area contributed by atoms with Gasteiger partial charge in [-0.3, -0.25) is 0 Å². The molecule has 2 heterocycles. The van der Waals surface area contributed by atoms with Crippen molar-refractivity contribution in [2.75, 3.05) is 11.9 Å². The maximum absolute atomic E-state index is 4.36. The third kappa shape index (κ3) is 3.14. The van der Waals surface area contributed by atoms with E-state index in [-0.39, 0.29) is 0 Å².